The Morgan fingerprint density at radius 3 is 2.62 bits per heavy atom. The Bertz CT molecular complexity index is 1840. The number of aromatic nitrogens is 3. The summed E-state index contributed by atoms with van der Waals surface area (Å²) in [5.74, 6) is -0.428. The molecule has 0 spiro atoms. The molecule has 0 atom stereocenters. The normalized spacial score (nSPS) is 11.2. The molecule has 6 aromatic rings. The first-order valence-corrected chi connectivity index (χ1v) is 12.7. The van der Waals surface area contributed by atoms with Gasteiger partial charge in [-0.3, -0.25) is 14.6 Å². The molecule has 6 rings (SSSR count). The van der Waals surface area contributed by atoms with E-state index in [0.29, 0.717) is 17.6 Å². The Morgan fingerprint density at radius 1 is 0.946 bits per heavy atom. The number of fused-ring (bicyclic) bond motifs is 2. The molecule has 180 valence electrons. The number of aryl methyl sites for hydroxylation is 1. The fourth-order valence-electron chi connectivity index (χ4n) is 4.39. The number of pyridine rings is 3. The van der Waals surface area contributed by atoms with E-state index < -0.39 is 11.5 Å². The molecule has 37 heavy (non-hydrogen) atoms. The molecule has 0 aliphatic rings. The predicted octanol–water partition coefficient (Wildman–Crippen LogP) is 6.11. The van der Waals surface area contributed by atoms with Crippen LogP contribution in [0.1, 0.15) is 20.8 Å². The van der Waals surface area contributed by atoms with Gasteiger partial charge in [0.05, 0.1) is 16.1 Å². The fraction of sp³-hybridized carbons (Fsp3) is 0.0667. The number of carbonyl (C=O) groups is 1. The van der Waals surface area contributed by atoms with Gasteiger partial charge in [0.15, 0.2) is 0 Å². The van der Waals surface area contributed by atoms with E-state index in [1.807, 2.05) is 66.7 Å². The maximum Gasteiger partial charge on any atom is 0.262 e. The highest BCUT2D eigenvalue weighted by Gasteiger charge is 2.17. The lowest BCUT2D eigenvalue weighted by molar-refractivity contribution is 0.0949. The van der Waals surface area contributed by atoms with Gasteiger partial charge in [0, 0.05) is 34.0 Å². The summed E-state index contributed by atoms with van der Waals surface area (Å²) in [4.78, 5) is 40.1. The van der Waals surface area contributed by atoms with Gasteiger partial charge in [-0.25, -0.2) is 4.98 Å². The zero-order chi connectivity index (χ0) is 25.4. The van der Waals surface area contributed by atoms with Crippen molar-refractivity contribution in [2.75, 3.05) is 0 Å². The van der Waals surface area contributed by atoms with Crippen molar-refractivity contribution in [3.8, 4) is 21.7 Å². The van der Waals surface area contributed by atoms with E-state index in [-0.39, 0.29) is 5.56 Å². The lowest BCUT2D eigenvalue weighted by atomic mass is 9.99. The maximum atomic E-state index is 12.9. The topological polar surface area (TPSA) is 87.7 Å². The van der Waals surface area contributed by atoms with E-state index in [9.17, 15) is 9.59 Å². The van der Waals surface area contributed by atoms with Crippen LogP contribution in [-0.2, 0) is 6.54 Å². The molecular weight excluding hydrogens is 480 g/mol. The fourth-order valence-corrected chi connectivity index (χ4v) is 5.26. The van der Waals surface area contributed by atoms with Crippen molar-refractivity contribution in [2.24, 2.45) is 0 Å². The number of carbonyl (C=O) groups excluding carboxylic acids is 1. The minimum absolute atomic E-state index is 0.0543. The van der Waals surface area contributed by atoms with Gasteiger partial charge in [0.25, 0.3) is 11.5 Å². The van der Waals surface area contributed by atoms with E-state index in [4.69, 9.17) is 4.98 Å². The van der Waals surface area contributed by atoms with Crippen LogP contribution in [0.4, 0.5) is 0 Å². The predicted molar refractivity (Wildman–Crippen MR) is 149 cm³/mol. The Hall–Kier alpha value is -4.62. The summed E-state index contributed by atoms with van der Waals surface area (Å²) in [6, 6.07) is 27.4. The third kappa shape index (κ3) is 4.52. The summed E-state index contributed by atoms with van der Waals surface area (Å²) in [6.45, 7) is 2.39. The van der Waals surface area contributed by atoms with E-state index in [0.717, 1.165) is 38.2 Å². The van der Waals surface area contributed by atoms with Crippen LogP contribution in [0.5, 0.6) is 0 Å². The quantitative estimate of drug-likeness (QED) is 0.298. The van der Waals surface area contributed by atoms with Gasteiger partial charge in [-0.1, -0.05) is 42.5 Å². The van der Waals surface area contributed by atoms with Gasteiger partial charge in [-0.05, 0) is 60.5 Å². The van der Waals surface area contributed by atoms with Crippen LogP contribution >= 0.6 is 11.3 Å². The lowest BCUT2D eigenvalue weighted by Gasteiger charge is -2.12. The molecule has 4 heterocycles. The molecule has 2 N–H and O–H groups in total. The third-order valence-corrected chi connectivity index (χ3v) is 7.26. The Labute approximate surface area is 216 Å². The van der Waals surface area contributed by atoms with Gasteiger partial charge < -0.3 is 10.3 Å². The molecule has 7 heteroatoms. The highest BCUT2D eigenvalue weighted by molar-refractivity contribution is 7.15. The Balaban J connectivity index is 1.47. The molecule has 0 bridgehead atoms. The number of hydrogen-bond donors (Lipinski definition) is 2. The number of thiophene rings is 1. The van der Waals surface area contributed by atoms with Crippen LogP contribution in [0.3, 0.4) is 0 Å². The first kappa shape index (κ1) is 22.8. The summed E-state index contributed by atoms with van der Waals surface area (Å²) < 4.78 is 0. The average molecular weight is 503 g/mol. The second-order valence-corrected chi connectivity index (χ2v) is 10.1. The summed E-state index contributed by atoms with van der Waals surface area (Å²) >= 11 is 1.65. The van der Waals surface area contributed by atoms with Crippen molar-refractivity contribution in [3.63, 3.8) is 0 Å². The van der Waals surface area contributed by atoms with Crippen molar-refractivity contribution >= 4 is 39.2 Å². The maximum absolute atomic E-state index is 12.9. The van der Waals surface area contributed by atoms with Gasteiger partial charge in [-0.2, -0.15) is 0 Å². The van der Waals surface area contributed by atoms with E-state index in [1.165, 1.54) is 4.88 Å². The summed E-state index contributed by atoms with van der Waals surface area (Å²) in [5.41, 5.74) is 4.58. The van der Waals surface area contributed by atoms with Crippen LogP contribution in [0.15, 0.2) is 95.9 Å². The highest BCUT2D eigenvalue weighted by atomic mass is 32.1. The number of rotatable bonds is 5. The van der Waals surface area contributed by atoms with Gasteiger partial charge in [0.2, 0.25) is 0 Å². The van der Waals surface area contributed by atoms with E-state index in [1.54, 1.807) is 23.6 Å². The molecule has 0 fully saturated rings. The smallest absolute Gasteiger partial charge is 0.262 e. The molecule has 0 unspecified atom stereocenters. The molecular formula is C30H22N4O2S. The largest absolute Gasteiger partial charge is 0.348 e. The Morgan fingerprint density at radius 2 is 1.81 bits per heavy atom. The monoisotopic (exact) mass is 502 g/mol. The lowest BCUT2D eigenvalue weighted by Crippen LogP contribution is -2.29. The van der Waals surface area contributed by atoms with Gasteiger partial charge >= 0.3 is 0 Å². The Kier molecular flexibility index (Phi) is 5.82. The number of aromatic amines is 1. The van der Waals surface area contributed by atoms with Crippen LogP contribution in [-0.4, -0.2) is 20.9 Å². The molecule has 6 nitrogen and oxygen atoms in total. The molecule has 2 aromatic carbocycles. The molecule has 1 amide bonds. The van der Waals surface area contributed by atoms with Crippen molar-refractivity contribution in [3.05, 3.63) is 117 Å². The molecule has 4 aromatic heterocycles. The summed E-state index contributed by atoms with van der Waals surface area (Å²) in [7, 11) is 0. The minimum Gasteiger partial charge on any atom is -0.348 e. The second-order valence-electron chi connectivity index (χ2n) is 8.82. The number of nitrogens with one attached hydrogen (secondary N) is 2. The first-order chi connectivity index (χ1) is 18.0. The number of nitrogens with zero attached hydrogens (tertiary/aromatic N) is 2. The highest BCUT2D eigenvalue weighted by Crippen LogP contribution is 2.37. The molecule has 0 saturated carbocycles. The van der Waals surface area contributed by atoms with Crippen LogP contribution in [0, 0.1) is 6.92 Å². The third-order valence-electron chi connectivity index (χ3n) is 6.26. The van der Waals surface area contributed by atoms with E-state index in [2.05, 4.69) is 34.3 Å². The number of H-pyrrole nitrogens is 1. The number of amides is 1. The van der Waals surface area contributed by atoms with Gasteiger partial charge in [-0.15, -0.1) is 11.3 Å². The van der Waals surface area contributed by atoms with Crippen molar-refractivity contribution < 1.29 is 4.79 Å². The van der Waals surface area contributed by atoms with Crippen LogP contribution in [0.2, 0.25) is 0 Å². The standard InChI is InChI=1S/C30H22N4O2S/c1-18-9-12-26(37-18)27-23(20-10-11-25-21(14-20)8-5-13-31-25)15-22-16-24(30(36)34-28(22)33-27)29(35)32-17-19-6-3-2-4-7-19/h2-16H,17H2,1H3,(H,32,35)(H,33,34,36). The van der Waals surface area contributed by atoms with Crippen molar-refractivity contribution in [2.45, 2.75) is 13.5 Å². The average Bonchev–Trinajstić information content (AvgIpc) is 3.37. The van der Waals surface area contributed by atoms with Crippen LogP contribution in [0.25, 0.3) is 43.6 Å². The molecule has 0 radical (unpaired) electrons. The zero-order valence-electron chi connectivity index (χ0n) is 20.0. The van der Waals surface area contributed by atoms with Crippen LogP contribution < -0.4 is 10.9 Å². The number of benzene rings is 2. The van der Waals surface area contributed by atoms with Crippen molar-refractivity contribution in [1.29, 1.82) is 0 Å². The molecule has 0 aliphatic carbocycles. The number of hydrogen-bond acceptors (Lipinski definition) is 5. The van der Waals surface area contributed by atoms with E-state index >= 15 is 0 Å². The second kappa shape index (κ2) is 9.44. The van der Waals surface area contributed by atoms with Crippen molar-refractivity contribution in [1.82, 2.24) is 20.3 Å². The minimum atomic E-state index is -0.469. The molecule has 0 aliphatic heterocycles. The van der Waals surface area contributed by atoms with Gasteiger partial charge in [0.1, 0.15) is 11.2 Å². The summed E-state index contributed by atoms with van der Waals surface area (Å²) in [6.07, 6.45) is 1.78. The molecule has 0 saturated heterocycles. The first-order valence-electron chi connectivity index (χ1n) is 11.9. The summed E-state index contributed by atoms with van der Waals surface area (Å²) in [5, 5.41) is 4.55. The zero-order valence-corrected chi connectivity index (χ0v) is 20.8. The SMILES string of the molecule is Cc1ccc(-c2nc3[nH]c(=O)c(C(=O)NCc4ccccc4)cc3cc2-c2ccc3ncccc3c2)s1.